The van der Waals surface area contributed by atoms with Crippen molar-refractivity contribution in [1.29, 1.82) is 0 Å². The lowest BCUT2D eigenvalue weighted by molar-refractivity contribution is -0.255. The molecule has 2 rings (SSSR count). The van der Waals surface area contributed by atoms with Gasteiger partial charge < -0.3 is 14.6 Å². The molecule has 25 heavy (non-hydrogen) atoms. The lowest BCUT2D eigenvalue weighted by atomic mass is 10.2. The molecule has 2 aromatic carbocycles. The van der Waals surface area contributed by atoms with E-state index in [9.17, 15) is 22.7 Å². The van der Waals surface area contributed by atoms with E-state index in [1.54, 1.807) is 24.3 Å². The number of carbonyl (C=O) groups is 1. The Bertz CT molecular complexity index is 867. The second-order valence-corrected chi connectivity index (χ2v) is 6.99. The summed E-state index contributed by atoms with van der Waals surface area (Å²) in [6.07, 6.45) is 0.838. The number of hydrogen-bond acceptors (Lipinski definition) is 5. The number of nitrogens with one attached hydrogen (secondary N) is 1. The summed E-state index contributed by atoms with van der Waals surface area (Å²) < 4.78 is 46.0. The highest BCUT2D eigenvalue weighted by Crippen LogP contribution is 2.18. The number of carbonyl (C=O) groups excluding carboxylic acids is 1. The van der Waals surface area contributed by atoms with Crippen LogP contribution in [0, 0.1) is 5.82 Å². The quantitative estimate of drug-likeness (QED) is 0.763. The molecule has 8 heteroatoms. The van der Waals surface area contributed by atoms with Gasteiger partial charge in [0.25, 0.3) is 0 Å². The van der Waals surface area contributed by atoms with Gasteiger partial charge in [0.05, 0.1) is 12.6 Å². The Morgan fingerprint density at radius 2 is 2.00 bits per heavy atom. The van der Waals surface area contributed by atoms with E-state index in [2.05, 4.69) is 4.72 Å². The molecular formula is C17H17FNO5S-. The molecule has 6 nitrogen and oxygen atoms in total. The Kier molecular flexibility index (Phi) is 6.11. The van der Waals surface area contributed by atoms with Gasteiger partial charge in [-0.1, -0.05) is 25.1 Å². The zero-order valence-corrected chi connectivity index (χ0v) is 14.3. The monoisotopic (exact) mass is 366 g/mol. The van der Waals surface area contributed by atoms with Crippen LogP contribution in [0.3, 0.4) is 0 Å². The third-order valence-corrected chi connectivity index (χ3v) is 4.71. The minimum atomic E-state index is -4.23. The second-order valence-electron chi connectivity index (χ2n) is 5.25. The maximum atomic E-state index is 13.8. The van der Waals surface area contributed by atoms with Crippen LogP contribution in [0.25, 0.3) is 0 Å². The van der Waals surface area contributed by atoms with Crippen LogP contribution < -0.4 is 14.6 Å². The zero-order chi connectivity index (χ0) is 18.4. The Hall–Kier alpha value is -2.45. The number of aromatic carboxylic acids is 1. The van der Waals surface area contributed by atoms with Crippen molar-refractivity contribution >= 4 is 16.0 Å². The Labute approximate surface area is 145 Å². The second kappa shape index (κ2) is 8.09. The molecule has 2 aromatic rings. The molecule has 0 aliphatic carbocycles. The van der Waals surface area contributed by atoms with Gasteiger partial charge in [0.2, 0.25) is 10.0 Å². The van der Waals surface area contributed by atoms with Crippen molar-refractivity contribution in [3.63, 3.8) is 0 Å². The fourth-order valence-electron chi connectivity index (χ4n) is 2.06. The largest absolute Gasteiger partial charge is 0.545 e. The summed E-state index contributed by atoms with van der Waals surface area (Å²) >= 11 is 0. The van der Waals surface area contributed by atoms with Crippen molar-refractivity contribution < 1.29 is 27.4 Å². The number of rotatable bonds is 8. The number of hydrogen-bond donors (Lipinski definition) is 1. The highest BCUT2D eigenvalue weighted by molar-refractivity contribution is 7.89. The summed E-state index contributed by atoms with van der Waals surface area (Å²) in [4.78, 5) is 10.1. The van der Waals surface area contributed by atoms with Crippen LogP contribution in [-0.4, -0.2) is 21.0 Å². The van der Waals surface area contributed by atoms with Crippen LogP contribution in [-0.2, 0) is 16.6 Å². The summed E-state index contributed by atoms with van der Waals surface area (Å²) in [6.45, 7) is 2.41. The van der Waals surface area contributed by atoms with E-state index in [0.29, 0.717) is 17.9 Å². The van der Waals surface area contributed by atoms with Gasteiger partial charge in [-0.05, 0) is 41.8 Å². The number of sulfonamides is 1. The zero-order valence-electron chi connectivity index (χ0n) is 13.5. The highest BCUT2D eigenvalue weighted by Gasteiger charge is 2.19. The molecule has 0 unspecified atom stereocenters. The molecule has 134 valence electrons. The van der Waals surface area contributed by atoms with Gasteiger partial charge in [0, 0.05) is 6.54 Å². The van der Waals surface area contributed by atoms with Crippen molar-refractivity contribution in [2.24, 2.45) is 0 Å². The van der Waals surface area contributed by atoms with E-state index < -0.39 is 32.3 Å². The fraction of sp³-hybridized carbons (Fsp3) is 0.235. The topological polar surface area (TPSA) is 95.5 Å². The Balaban J connectivity index is 2.17. The summed E-state index contributed by atoms with van der Waals surface area (Å²) in [5.41, 5.74) is 0.199. The molecule has 0 aliphatic heterocycles. The first kappa shape index (κ1) is 18.9. The van der Waals surface area contributed by atoms with E-state index in [1.807, 2.05) is 6.92 Å². The molecule has 0 aromatic heterocycles. The summed E-state index contributed by atoms with van der Waals surface area (Å²) in [7, 11) is -4.23. The molecule has 0 bridgehead atoms. The van der Waals surface area contributed by atoms with Crippen LogP contribution in [0.4, 0.5) is 4.39 Å². The third-order valence-electron chi connectivity index (χ3n) is 3.29. The van der Waals surface area contributed by atoms with Crippen LogP contribution in [0.15, 0.2) is 47.4 Å². The van der Waals surface area contributed by atoms with Crippen molar-refractivity contribution in [2.75, 3.05) is 6.61 Å². The standard InChI is InChI=1S/C17H18FNO5S/c1-2-8-24-14-5-3-4-12(9-14)11-19-25(22,23)16-10-13(17(20)21)6-7-15(16)18/h3-7,9-10,19H,2,8,11H2,1H3,(H,20,21)/p-1. The number of ether oxygens (including phenoxy) is 1. The Morgan fingerprint density at radius 3 is 2.68 bits per heavy atom. The van der Waals surface area contributed by atoms with Gasteiger partial charge in [-0.25, -0.2) is 17.5 Å². The first-order valence-electron chi connectivity index (χ1n) is 7.56. The van der Waals surface area contributed by atoms with Crippen LogP contribution >= 0.6 is 0 Å². The smallest absolute Gasteiger partial charge is 0.243 e. The molecule has 0 fully saturated rings. The minimum absolute atomic E-state index is 0.0966. The third kappa shape index (κ3) is 5.01. The normalized spacial score (nSPS) is 11.3. The van der Waals surface area contributed by atoms with Gasteiger partial charge in [-0.2, -0.15) is 0 Å². The number of carboxylic acids is 1. The van der Waals surface area contributed by atoms with Crippen molar-refractivity contribution in [1.82, 2.24) is 4.72 Å². The van der Waals surface area contributed by atoms with E-state index in [1.165, 1.54) is 0 Å². The SMILES string of the molecule is CCCOc1cccc(CNS(=O)(=O)c2cc(C(=O)[O-])ccc2F)c1. The van der Waals surface area contributed by atoms with E-state index >= 15 is 0 Å². The van der Waals surface area contributed by atoms with Gasteiger partial charge >= 0.3 is 0 Å². The van der Waals surface area contributed by atoms with Gasteiger partial charge in [0.15, 0.2) is 0 Å². The molecule has 1 N–H and O–H groups in total. The first-order chi connectivity index (χ1) is 11.8. The molecule has 0 atom stereocenters. The lowest BCUT2D eigenvalue weighted by Crippen LogP contribution is -2.26. The van der Waals surface area contributed by atoms with Crippen molar-refractivity contribution in [3.8, 4) is 5.75 Å². The van der Waals surface area contributed by atoms with Gasteiger partial charge in [0.1, 0.15) is 16.5 Å². The van der Waals surface area contributed by atoms with Crippen molar-refractivity contribution in [2.45, 2.75) is 24.8 Å². The number of benzene rings is 2. The molecule has 0 saturated heterocycles. The minimum Gasteiger partial charge on any atom is -0.545 e. The maximum absolute atomic E-state index is 13.8. The maximum Gasteiger partial charge on any atom is 0.243 e. The molecule has 0 saturated carbocycles. The van der Waals surface area contributed by atoms with Gasteiger partial charge in [-0.3, -0.25) is 0 Å². The predicted molar refractivity (Wildman–Crippen MR) is 87.0 cm³/mol. The highest BCUT2D eigenvalue weighted by atomic mass is 32.2. The lowest BCUT2D eigenvalue weighted by Gasteiger charge is -2.11. The molecule has 0 amide bonds. The molecule has 0 radical (unpaired) electrons. The summed E-state index contributed by atoms with van der Waals surface area (Å²) in [6, 6.07) is 9.27. The summed E-state index contributed by atoms with van der Waals surface area (Å²) in [5, 5.41) is 10.8. The first-order valence-corrected chi connectivity index (χ1v) is 9.04. The average molecular weight is 366 g/mol. The molecule has 0 aliphatic rings. The molecular weight excluding hydrogens is 349 g/mol. The summed E-state index contributed by atoms with van der Waals surface area (Å²) in [5.74, 6) is -2.03. The molecule has 0 heterocycles. The predicted octanol–water partition coefficient (Wildman–Crippen LogP) is 1.46. The van der Waals surface area contributed by atoms with Crippen LogP contribution in [0.5, 0.6) is 5.75 Å². The van der Waals surface area contributed by atoms with Crippen LogP contribution in [0.2, 0.25) is 0 Å². The van der Waals surface area contributed by atoms with Gasteiger partial charge in [-0.15, -0.1) is 0 Å². The van der Waals surface area contributed by atoms with E-state index in [-0.39, 0.29) is 6.54 Å². The van der Waals surface area contributed by atoms with E-state index in [0.717, 1.165) is 24.6 Å². The van der Waals surface area contributed by atoms with Crippen molar-refractivity contribution in [3.05, 3.63) is 59.4 Å². The average Bonchev–Trinajstić information content (AvgIpc) is 2.58. The number of carboxylic acid groups (broad SMARTS) is 1. The molecule has 0 spiro atoms. The van der Waals surface area contributed by atoms with E-state index in [4.69, 9.17) is 4.74 Å². The van der Waals surface area contributed by atoms with Crippen LogP contribution in [0.1, 0.15) is 29.3 Å². The number of halogens is 1. The fourth-order valence-corrected chi connectivity index (χ4v) is 3.18. The Morgan fingerprint density at radius 1 is 1.24 bits per heavy atom.